The summed E-state index contributed by atoms with van der Waals surface area (Å²) < 4.78 is 51.6. The zero-order chi connectivity index (χ0) is 22.6. The van der Waals surface area contributed by atoms with Crippen LogP contribution in [0.5, 0.6) is 11.5 Å². The molecule has 3 rings (SSSR count). The van der Waals surface area contributed by atoms with Crippen molar-refractivity contribution in [3.05, 3.63) is 60.3 Å². The summed E-state index contributed by atoms with van der Waals surface area (Å²) in [7, 11) is 4.77. The summed E-state index contributed by atoms with van der Waals surface area (Å²) in [6, 6.07) is 13.8. The van der Waals surface area contributed by atoms with E-state index in [9.17, 15) is 13.2 Å². The lowest BCUT2D eigenvalue weighted by Crippen LogP contribution is -2.21. The summed E-state index contributed by atoms with van der Waals surface area (Å²) in [5, 5.41) is 0. The summed E-state index contributed by atoms with van der Waals surface area (Å²) in [6.07, 6.45) is -3.80. The zero-order valence-corrected chi connectivity index (χ0v) is 17.6. The van der Waals surface area contributed by atoms with Crippen LogP contribution in [0.4, 0.5) is 36.3 Å². The van der Waals surface area contributed by atoms with Crippen molar-refractivity contribution in [2.45, 2.75) is 13.1 Å². The molecule has 1 aromatic heterocycles. The van der Waals surface area contributed by atoms with Crippen LogP contribution in [0.3, 0.4) is 0 Å². The fourth-order valence-corrected chi connectivity index (χ4v) is 2.96. The number of hydrogen-bond acceptors (Lipinski definition) is 6. The molecule has 0 fully saturated rings. The summed E-state index contributed by atoms with van der Waals surface area (Å²) in [6.45, 7) is 2.36. The number of hydrogen-bond donors (Lipinski definition) is 0. The molecular formula is C22H23F3N4O2. The first kappa shape index (κ1) is 22.2. The Hall–Kier alpha value is -3.49. The van der Waals surface area contributed by atoms with E-state index in [0.717, 1.165) is 6.20 Å². The van der Waals surface area contributed by atoms with Crippen LogP contribution >= 0.6 is 0 Å². The van der Waals surface area contributed by atoms with Gasteiger partial charge in [0.2, 0.25) is 5.95 Å². The van der Waals surface area contributed by atoms with E-state index in [2.05, 4.69) is 9.97 Å². The van der Waals surface area contributed by atoms with Crippen LogP contribution in [0.25, 0.3) is 0 Å². The standard InChI is InChI=1S/C22H23F3N4O2/c1-5-31-18-12-8-15(9-13-18)28(2)20-19(22(23,24)25)14-26-21(27-20)29(3)16-6-10-17(30-4)11-7-16/h6-14H,5H2,1-4H3. The van der Waals surface area contributed by atoms with Crippen molar-refractivity contribution in [1.82, 2.24) is 9.97 Å². The Morgan fingerprint density at radius 1 is 0.871 bits per heavy atom. The van der Waals surface area contributed by atoms with Crippen LogP contribution in [-0.4, -0.2) is 37.8 Å². The minimum absolute atomic E-state index is 0.131. The Kier molecular flexibility index (Phi) is 6.53. The number of aromatic nitrogens is 2. The number of alkyl halides is 3. The molecule has 2 aromatic carbocycles. The van der Waals surface area contributed by atoms with Gasteiger partial charge >= 0.3 is 6.18 Å². The molecule has 1 heterocycles. The van der Waals surface area contributed by atoms with E-state index in [1.807, 2.05) is 6.92 Å². The lowest BCUT2D eigenvalue weighted by Gasteiger charge is -2.25. The van der Waals surface area contributed by atoms with Gasteiger partial charge in [0.05, 0.1) is 13.7 Å². The average Bonchev–Trinajstić information content (AvgIpc) is 2.78. The monoisotopic (exact) mass is 432 g/mol. The van der Waals surface area contributed by atoms with Gasteiger partial charge in [0.15, 0.2) is 5.82 Å². The fraction of sp³-hybridized carbons (Fsp3) is 0.273. The van der Waals surface area contributed by atoms with Gasteiger partial charge in [-0.05, 0) is 55.5 Å². The zero-order valence-electron chi connectivity index (χ0n) is 17.6. The van der Waals surface area contributed by atoms with Crippen molar-refractivity contribution in [1.29, 1.82) is 0 Å². The molecule has 0 unspecified atom stereocenters. The molecular weight excluding hydrogens is 409 g/mol. The van der Waals surface area contributed by atoms with Gasteiger partial charge in [-0.2, -0.15) is 18.2 Å². The van der Waals surface area contributed by atoms with Crippen molar-refractivity contribution in [2.24, 2.45) is 0 Å². The maximum atomic E-state index is 13.7. The second-order valence-electron chi connectivity index (χ2n) is 6.65. The Balaban J connectivity index is 2.00. The Labute approximate surface area is 178 Å². The summed E-state index contributed by atoms with van der Waals surface area (Å²) in [5.74, 6) is 1.19. The van der Waals surface area contributed by atoms with Crippen molar-refractivity contribution < 1.29 is 22.6 Å². The smallest absolute Gasteiger partial charge is 0.421 e. The predicted octanol–water partition coefficient (Wildman–Crippen LogP) is 5.44. The van der Waals surface area contributed by atoms with Crippen molar-refractivity contribution in [3.63, 3.8) is 0 Å². The van der Waals surface area contributed by atoms with Gasteiger partial charge in [-0.25, -0.2) is 4.98 Å². The largest absolute Gasteiger partial charge is 0.497 e. The van der Waals surface area contributed by atoms with Gasteiger partial charge in [-0.15, -0.1) is 0 Å². The number of ether oxygens (including phenoxy) is 2. The van der Waals surface area contributed by atoms with E-state index >= 15 is 0 Å². The van der Waals surface area contributed by atoms with Gasteiger partial charge < -0.3 is 19.3 Å². The second-order valence-corrected chi connectivity index (χ2v) is 6.65. The van der Waals surface area contributed by atoms with E-state index in [1.165, 1.54) is 11.9 Å². The third-order valence-electron chi connectivity index (χ3n) is 4.67. The lowest BCUT2D eigenvalue weighted by molar-refractivity contribution is -0.137. The minimum Gasteiger partial charge on any atom is -0.497 e. The van der Waals surface area contributed by atoms with Crippen LogP contribution < -0.4 is 19.3 Å². The van der Waals surface area contributed by atoms with Crippen LogP contribution in [0.1, 0.15) is 12.5 Å². The molecule has 0 aliphatic carbocycles. The molecule has 0 saturated carbocycles. The molecule has 0 bridgehead atoms. The Morgan fingerprint density at radius 2 is 1.42 bits per heavy atom. The van der Waals surface area contributed by atoms with Crippen LogP contribution in [0.2, 0.25) is 0 Å². The number of methoxy groups -OCH3 is 1. The lowest BCUT2D eigenvalue weighted by atomic mass is 10.2. The molecule has 3 aromatic rings. The van der Waals surface area contributed by atoms with Gasteiger partial charge in [-0.1, -0.05) is 0 Å². The summed E-state index contributed by atoms with van der Waals surface area (Å²) in [4.78, 5) is 11.2. The van der Waals surface area contributed by atoms with Gasteiger partial charge in [0, 0.05) is 31.7 Å². The van der Waals surface area contributed by atoms with Crippen LogP contribution in [0.15, 0.2) is 54.7 Å². The average molecular weight is 432 g/mol. The van der Waals surface area contributed by atoms with Crippen molar-refractivity contribution in [2.75, 3.05) is 37.6 Å². The number of nitrogens with zero attached hydrogens (tertiary/aromatic N) is 4. The van der Waals surface area contributed by atoms with E-state index in [1.54, 1.807) is 67.6 Å². The maximum absolute atomic E-state index is 13.7. The van der Waals surface area contributed by atoms with E-state index in [-0.39, 0.29) is 11.8 Å². The van der Waals surface area contributed by atoms with Crippen molar-refractivity contribution in [3.8, 4) is 11.5 Å². The first-order valence-corrected chi connectivity index (χ1v) is 9.53. The molecule has 0 radical (unpaired) electrons. The predicted molar refractivity (Wildman–Crippen MR) is 114 cm³/mol. The van der Waals surface area contributed by atoms with E-state index < -0.39 is 11.7 Å². The molecule has 0 aliphatic rings. The Morgan fingerprint density at radius 3 is 1.94 bits per heavy atom. The maximum Gasteiger partial charge on any atom is 0.421 e. The number of benzene rings is 2. The highest BCUT2D eigenvalue weighted by Gasteiger charge is 2.37. The third kappa shape index (κ3) is 4.99. The molecule has 164 valence electrons. The quantitative estimate of drug-likeness (QED) is 0.496. The SMILES string of the molecule is CCOc1ccc(N(C)c2nc(N(C)c3ccc(OC)cc3)ncc2C(F)(F)F)cc1. The molecule has 0 atom stereocenters. The fourth-order valence-electron chi connectivity index (χ4n) is 2.96. The number of anilines is 4. The van der Waals surface area contributed by atoms with Crippen molar-refractivity contribution >= 4 is 23.1 Å². The molecule has 0 aliphatic heterocycles. The second kappa shape index (κ2) is 9.11. The molecule has 0 N–H and O–H groups in total. The van der Waals surface area contributed by atoms with Gasteiger partial charge in [-0.3, -0.25) is 0 Å². The molecule has 6 nitrogen and oxygen atoms in total. The normalized spacial score (nSPS) is 11.2. The third-order valence-corrected chi connectivity index (χ3v) is 4.67. The highest BCUT2D eigenvalue weighted by atomic mass is 19.4. The van der Waals surface area contributed by atoms with Gasteiger partial charge in [0.1, 0.15) is 17.1 Å². The minimum atomic E-state index is -4.61. The van der Waals surface area contributed by atoms with E-state index in [0.29, 0.717) is 29.5 Å². The van der Waals surface area contributed by atoms with Crippen LogP contribution in [-0.2, 0) is 6.18 Å². The highest BCUT2D eigenvalue weighted by molar-refractivity contribution is 5.66. The molecule has 0 spiro atoms. The highest BCUT2D eigenvalue weighted by Crippen LogP contribution is 2.38. The molecule has 0 saturated heterocycles. The number of halogens is 3. The van der Waals surface area contributed by atoms with Gasteiger partial charge in [0.25, 0.3) is 0 Å². The van der Waals surface area contributed by atoms with Crippen LogP contribution in [0, 0.1) is 0 Å². The number of rotatable bonds is 7. The van der Waals surface area contributed by atoms with E-state index in [4.69, 9.17) is 9.47 Å². The Bertz CT molecular complexity index is 1010. The summed E-state index contributed by atoms with van der Waals surface area (Å²) >= 11 is 0. The molecule has 0 amide bonds. The molecule has 31 heavy (non-hydrogen) atoms. The first-order valence-electron chi connectivity index (χ1n) is 9.53. The topological polar surface area (TPSA) is 50.7 Å². The first-order chi connectivity index (χ1) is 14.7. The molecule has 9 heteroatoms. The summed E-state index contributed by atoms with van der Waals surface area (Å²) in [5.41, 5.74) is 0.316.